The van der Waals surface area contributed by atoms with E-state index in [0.717, 1.165) is 0 Å². The van der Waals surface area contributed by atoms with Gasteiger partial charge in [-0.3, -0.25) is 4.79 Å². The molecule has 1 fully saturated rings. The van der Waals surface area contributed by atoms with Crippen molar-refractivity contribution in [2.75, 3.05) is 32.0 Å². The first kappa shape index (κ1) is 15.8. The van der Waals surface area contributed by atoms with Gasteiger partial charge in [0.05, 0.1) is 23.2 Å². The Balaban J connectivity index is 2.01. The molecule has 1 aliphatic heterocycles. The van der Waals surface area contributed by atoms with Crippen molar-refractivity contribution in [1.82, 2.24) is 4.90 Å². The molecule has 114 valence electrons. The molecule has 1 unspecified atom stereocenters. The molecule has 0 saturated carbocycles. The van der Waals surface area contributed by atoms with Gasteiger partial charge in [-0.1, -0.05) is 6.07 Å². The van der Waals surface area contributed by atoms with Crippen molar-refractivity contribution in [3.63, 3.8) is 0 Å². The summed E-state index contributed by atoms with van der Waals surface area (Å²) in [6, 6.07) is 4.92. The molecule has 0 aliphatic carbocycles. The minimum absolute atomic E-state index is 0.216. The van der Waals surface area contributed by atoms with E-state index < -0.39 is 12.1 Å². The van der Waals surface area contributed by atoms with Crippen LogP contribution in [0.2, 0.25) is 0 Å². The minimum Gasteiger partial charge on any atom is -0.449 e. The number of esters is 1. The number of anilines is 1. The Morgan fingerprint density at radius 1 is 1.38 bits per heavy atom. The molecule has 2 rings (SSSR count). The largest absolute Gasteiger partial charge is 0.449 e. The molecule has 1 atom stereocenters. The van der Waals surface area contributed by atoms with Gasteiger partial charge in [-0.25, -0.2) is 4.79 Å². The maximum Gasteiger partial charge on any atom is 0.340 e. The van der Waals surface area contributed by atoms with Crippen LogP contribution in [0.4, 0.5) is 5.69 Å². The zero-order valence-corrected chi connectivity index (χ0v) is 13.3. The molecule has 21 heavy (non-hydrogen) atoms. The number of morpholine rings is 1. The molecule has 0 radical (unpaired) electrons. The lowest BCUT2D eigenvalue weighted by Gasteiger charge is -2.29. The van der Waals surface area contributed by atoms with E-state index in [1.165, 1.54) is 0 Å². The monoisotopic (exact) mass is 356 g/mol. The average Bonchev–Trinajstić information content (AvgIpc) is 2.50. The fraction of sp³-hybridized carbons (Fsp3) is 0.429. The lowest BCUT2D eigenvalue weighted by molar-refractivity contribution is -0.143. The van der Waals surface area contributed by atoms with Crippen LogP contribution in [-0.2, 0) is 14.3 Å². The molecule has 0 bridgehead atoms. The van der Waals surface area contributed by atoms with Crippen molar-refractivity contribution in [3.05, 3.63) is 28.2 Å². The Labute approximate surface area is 131 Å². The van der Waals surface area contributed by atoms with Crippen LogP contribution < -0.4 is 5.73 Å². The molecule has 1 saturated heterocycles. The summed E-state index contributed by atoms with van der Waals surface area (Å²) in [6.07, 6.45) is -0.844. The van der Waals surface area contributed by atoms with Gasteiger partial charge in [0, 0.05) is 18.8 Å². The maximum absolute atomic E-state index is 12.2. The molecule has 1 amide bonds. The molecule has 1 aliphatic rings. The number of benzene rings is 1. The van der Waals surface area contributed by atoms with Crippen LogP contribution in [0, 0.1) is 0 Å². The molecule has 1 aromatic rings. The number of carbonyl (C=O) groups is 2. The highest BCUT2D eigenvalue weighted by Gasteiger charge is 2.26. The lowest BCUT2D eigenvalue weighted by atomic mass is 10.2. The van der Waals surface area contributed by atoms with Crippen molar-refractivity contribution in [3.8, 4) is 0 Å². The predicted molar refractivity (Wildman–Crippen MR) is 80.8 cm³/mol. The fourth-order valence-corrected chi connectivity index (χ4v) is 2.45. The number of nitrogens with two attached hydrogens (primary N) is 1. The Morgan fingerprint density at radius 3 is 2.71 bits per heavy atom. The van der Waals surface area contributed by atoms with Gasteiger partial charge >= 0.3 is 5.97 Å². The van der Waals surface area contributed by atoms with E-state index in [1.807, 2.05) is 0 Å². The average molecular weight is 357 g/mol. The van der Waals surface area contributed by atoms with Crippen molar-refractivity contribution in [2.45, 2.75) is 13.0 Å². The van der Waals surface area contributed by atoms with Crippen molar-refractivity contribution in [1.29, 1.82) is 0 Å². The first-order chi connectivity index (χ1) is 10.0. The molecular weight excluding hydrogens is 340 g/mol. The van der Waals surface area contributed by atoms with Crippen molar-refractivity contribution >= 4 is 33.5 Å². The summed E-state index contributed by atoms with van der Waals surface area (Å²) in [4.78, 5) is 25.9. The van der Waals surface area contributed by atoms with E-state index in [-0.39, 0.29) is 5.91 Å². The summed E-state index contributed by atoms with van der Waals surface area (Å²) >= 11 is 3.25. The second-order valence-electron chi connectivity index (χ2n) is 4.69. The quantitative estimate of drug-likeness (QED) is 0.654. The second-order valence-corrected chi connectivity index (χ2v) is 5.49. The smallest absolute Gasteiger partial charge is 0.340 e. The van der Waals surface area contributed by atoms with Gasteiger partial charge in [-0.05, 0) is 35.0 Å². The first-order valence-electron chi connectivity index (χ1n) is 6.62. The normalized spacial score (nSPS) is 16.4. The SMILES string of the molecule is CC(OC(=O)c1cccc(N)c1Br)C(=O)N1CCOCC1. The summed E-state index contributed by atoms with van der Waals surface area (Å²) in [5, 5.41) is 0. The number of carbonyl (C=O) groups excluding carboxylic acids is 2. The summed E-state index contributed by atoms with van der Waals surface area (Å²) in [5.74, 6) is -0.796. The van der Waals surface area contributed by atoms with Crippen LogP contribution in [0.3, 0.4) is 0 Å². The summed E-state index contributed by atoms with van der Waals surface area (Å²) in [6.45, 7) is 3.61. The van der Waals surface area contributed by atoms with Crippen LogP contribution in [-0.4, -0.2) is 49.2 Å². The molecule has 0 aromatic heterocycles. The van der Waals surface area contributed by atoms with E-state index in [2.05, 4.69) is 15.9 Å². The van der Waals surface area contributed by atoms with E-state index in [0.29, 0.717) is 42.0 Å². The van der Waals surface area contributed by atoms with Gasteiger partial charge in [0.2, 0.25) is 0 Å². The van der Waals surface area contributed by atoms with Crippen molar-refractivity contribution in [2.24, 2.45) is 0 Å². The number of nitrogens with zero attached hydrogens (tertiary/aromatic N) is 1. The van der Waals surface area contributed by atoms with Gasteiger partial charge in [0.25, 0.3) is 5.91 Å². The predicted octanol–water partition coefficient (Wildman–Crippen LogP) is 1.44. The van der Waals surface area contributed by atoms with Gasteiger partial charge in [0.1, 0.15) is 0 Å². The topological polar surface area (TPSA) is 81.9 Å². The third-order valence-corrected chi connectivity index (χ3v) is 4.09. The molecule has 2 N–H and O–H groups in total. The molecule has 0 spiro atoms. The Hall–Kier alpha value is -1.60. The number of rotatable bonds is 3. The molecule has 1 heterocycles. The number of hydrogen-bond acceptors (Lipinski definition) is 5. The Morgan fingerprint density at radius 2 is 2.05 bits per heavy atom. The highest BCUT2D eigenvalue weighted by Crippen LogP contribution is 2.24. The number of amides is 1. The van der Waals surface area contributed by atoms with Crippen LogP contribution in [0.25, 0.3) is 0 Å². The van der Waals surface area contributed by atoms with Gasteiger partial charge in [-0.2, -0.15) is 0 Å². The minimum atomic E-state index is -0.844. The molecule has 7 heteroatoms. The van der Waals surface area contributed by atoms with E-state index in [4.69, 9.17) is 15.2 Å². The highest BCUT2D eigenvalue weighted by molar-refractivity contribution is 9.10. The standard InChI is InChI=1S/C14H17BrN2O4/c1-9(13(18)17-5-7-20-8-6-17)21-14(19)10-3-2-4-11(16)12(10)15/h2-4,9H,5-8,16H2,1H3. The third-order valence-electron chi connectivity index (χ3n) is 3.20. The number of halogens is 1. The zero-order valence-electron chi connectivity index (χ0n) is 11.7. The van der Waals surface area contributed by atoms with Crippen LogP contribution in [0.15, 0.2) is 22.7 Å². The number of nitrogen functional groups attached to an aromatic ring is 1. The Bertz CT molecular complexity index is 544. The first-order valence-corrected chi connectivity index (χ1v) is 7.41. The van der Waals surface area contributed by atoms with E-state index in [1.54, 1.807) is 30.0 Å². The number of ether oxygens (including phenoxy) is 2. The number of hydrogen-bond donors (Lipinski definition) is 1. The van der Waals surface area contributed by atoms with Crippen LogP contribution >= 0.6 is 15.9 Å². The summed E-state index contributed by atoms with van der Waals surface area (Å²) in [7, 11) is 0. The van der Waals surface area contributed by atoms with Crippen LogP contribution in [0.5, 0.6) is 0 Å². The third kappa shape index (κ3) is 3.74. The van der Waals surface area contributed by atoms with E-state index in [9.17, 15) is 9.59 Å². The lowest BCUT2D eigenvalue weighted by Crippen LogP contribution is -2.46. The highest BCUT2D eigenvalue weighted by atomic mass is 79.9. The second kappa shape index (κ2) is 6.91. The molecule has 6 nitrogen and oxygen atoms in total. The molecule has 1 aromatic carbocycles. The Kier molecular flexibility index (Phi) is 5.19. The summed E-state index contributed by atoms with van der Waals surface area (Å²) in [5.41, 5.74) is 6.47. The maximum atomic E-state index is 12.2. The van der Waals surface area contributed by atoms with Gasteiger partial charge < -0.3 is 20.1 Å². The van der Waals surface area contributed by atoms with Gasteiger partial charge in [-0.15, -0.1) is 0 Å². The van der Waals surface area contributed by atoms with Crippen molar-refractivity contribution < 1.29 is 19.1 Å². The van der Waals surface area contributed by atoms with Crippen LogP contribution in [0.1, 0.15) is 17.3 Å². The molecular formula is C14H17BrN2O4. The van der Waals surface area contributed by atoms with Gasteiger partial charge in [0.15, 0.2) is 6.10 Å². The fourth-order valence-electron chi connectivity index (χ4n) is 2.02. The summed E-state index contributed by atoms with van der Waals surface area (Å²) < 4.78 is 10.9. The zero-order chi connectivity index (χ0) is 15.4. The van der Waals surface area contributed by atoms with E-state index >= 15 is 0 Å².